The fourth-order valence-corrected chi connectivity index (χ4v) is 4.30. The van der Waals surface area contributed by atoms with E-state index < -0.39 is 0 Å². The first-order valence-corrected chi connectivity index (χ1v) is 10.9. The van der Waals surface area contributed by atoms with E-state index in [4.69, 9.17) is 9.15 Å². The molecule has 1 aliphatic rings. The van der Waals surface area contributed by atoms with Gasteiger partial charge in [0.1, 0.15) is 5.76 Å². The quantitative estimate of drug-likeness (QED) is 0.560. The van der Waals surface area contributed by atoms with Gasteiger partial charge >= 0.3 is 0 Å². The van der Waals surface area contributed by atoms with Crippen LogP contribution in [-0.4, -0.2) is 33.9 Å². The summed E-state index contributed by atoms with van der Waals surface area (Å²) in [5.74, 6) is 0.989. The first-order valence-electron chi connectivity index (χ1n) is 9.89. The maximum absolute atomic E-state index is 12.4. The number of aromatic nitrogens is 2. The van der Waals surface area contributed by atoms with Gasteiger partial charge in [0.25, 0.3) is 0 Å². The molecule has 0 radical (unpaired) electrons. The summed E-state index contributed by atoms with van der Waals surface area (Å²) >= 11 is 1.45. The highest BCUT2D eigenvalue weighted by atomic mass is 32.2. The lowest BCUT2D eigenvalue weighted by Crippen LogP contribution is -2.28. The zero-order chi connectivity index (χ0) is 20.1. The van der Waals surface area contributed by atoms with Crippen molar-refractivity contribution in [3.05, 3.63) is 60.7 Å². The van der Waals surface area contributed by atoms with E-state index in [9.17, 15) is 4.79 Å². The fourth-order valence-electron chi connectivity index (χ4n) is 3.50. The van der Waals surface area contributed by atoms with Gasteiger partial charge in [0.05, 0.1) is 42.6 Å². The van der Waals surface area contributed by atoms with Crippen molar-refractivity contribution in [2.75, 3.05) is 12.4 Å². The molecule has 3 aromatic rings. The number of amides is 1. The van der Waals surface area contributed by atoms with E-state index in [1.54, 1.807) is 6.26 Å². The molecule has 0 spiro atoms. The average molecular weight is 412 g/mol. The summed E-state index contributed by atoms with van der Waals surface area (Å²) in [4.78, 5) is 17.0. The second-order valence-electron chi connectivity index (χ2n) is 7.13. The molecule has 7 heteroatoms. The number of ether oxygens (including phenoxy) is 1. The van der Waals surface area contributed by atoms with Gasteiger partial charge < -0.3 is 19.0 Å². The smallest absolute Gasteiger partial charge is 0.231 e. The van der Waals surface area contributed by atoms with Crippen LogP contribution in [0.15, 0.2) is 64.5 Å². The van der Waals surface area contributed by atoms with Crippen molar-refractivity contribution in [2.24, 2.45) is 0 Å². The van der Waals surface area contributed by atoms with E-state index in [1.165, 1.54) is 11.8 Å². The Morgan fingerprint density at radius 3 is 2.90 bits per heavy atom. The molecule has 2 unspecified atom stereocenters. The number of thioether (sulfide) groups is 1. The van der Waals surface area contributed by atoms with Crippen molar-refractivity contribution >= 4 is 17.7 Å². The van der Waals surface area contributed by atoms with Gasteiger partial charge in [-0.1, -0.05) is 42.1 Å². The Balaban J connectivity index is 1.46. The normalized spacial score (nSPS) is 17.3. The molecular formula is C22H25N3O3S. The van der Waals surface area contributed by atoms with Crippen LogP contribution in [0.4, 0.5) is 0 Å². The Kier molecular flexibility index (Phi) is 6.36. The van der Waals surface area contributed by atoms with Crippen LogP contribution in [0.2, 0.25) is 0 Å². The number of furan rings is 1. The number of hydrogen-bond acceptors (Lipinski definition) is 5. The first-order chi connectivity index (χ1) is 14.2. The molecule has 152 valence electrons. The number of carbonyl (C=O) groups is 1. The highest BCUT2D eigenvalue weighted by molar-refractivity contribution is 7.99. The Morgan fingerprint density at radius 1 is 1.31 bits per heavy atom. The minimum atomic E-state index is -0.162. The molecule has 1 fully saturated rings. The van der Waals surface area contributed by atoms with E-state index in [2.05, 4.69) is 27.0 Å². The molecule has 0 saturated carbocycles. The number of nitrogens with zero attached hydrogens (tertiary/aromatic N) is 2. The highest BCUT2D eigenvalue weighted by Crippen LogP contribution is 2.28. The fraction of sp³-hybridized carbons (Fsp3) is 0.364. The number of rotatable bonds is 8. The monoisotopic (exact) mass is 411 g/mol. The third kappa shape index (κ3) is 4.92. The molecule has 1 aliphatic heterocycles. The zero-order valence-electron chi connectivity index (χ0n) is 16.4. The first kappa shape index (κ1) is 19.8. The molecule has 0 bridgehead atoms. The van der Waals surface area contributed by atoms with Gasteiger partial charge in [-0.05, 0) is 37.5 Å². The predicted molar refractivity (Wildman–Crippen MR) is 113 cm³/mol. The van der Waals surface area contributed by atoms with E-state index >= 15 is 0 Å². The molecular weight excluding hydrogens is 386 g/mol. The van der Waals surface area contributed by atoms with Gasteiger partial charge in [-0.25, -0.2) is 4.98 Å². The summed E-state index contributed by atoms with van der Waals surface area (Å²) in [6, 6.07) is 13.7. The molecule has 2 atom stereocenters. The maximum atomic E-state index is 12.4. The molecule has 1 saturated heterocycles. The molecule has 1 amide bonds. The number of hydrogen-bond donors (Lipinski definition) is 1. The maximum Gasteiger partial charge on any atom is 0.231 e. The molecule has 2 aromatic heterocycles. The Bertz CT molecular complexity index is 918. The average Bonchev–Trinajstić information content (AvgIpc) is 3.50. The summed E-state index contributed by atoms with van der Waals surface area (Å²) in [7, 11) is 0. The van der Waals surface area contributed by atoms with Crippen LogP contribution >= 0.6 is 11.8 Å². The molecule has 4 rings (SSSR count). The largest absolute Gasteiger partial charge is 0.467 e. The highest BCUT2D eigenvalue weighted by Gasteiger charge is 2.21. The summed E-state index contributed by atoms with van der Waals surface area (Å²) in [6.45, 7) is 3.47. The topological polar surface area (TPSA) is 69.3 Å². The van der Waals surface area contributed by atoms with Crippen LogP contribution < -0.4 is 5.32 Å². The van der Waals surface area contributed by atoms with Crippen molar-refractivity contribution in [2.45, 2.75) is 43.6 Å². The second-order valence-corrected chi connectivity index (χ2v) is 8.07. The second kappa shape index (κ2) is 9.33. The van der Waals surface area contributed by atoms with Crippen molar-refractivity contribution < 1.29 is 13.9 Å². The van der Waals surface area contributed by atoms with Crippen LogP contribution in [0.5, 0.6) is 0 Å². The molecule has 1 aromatic carbocycles. The SMILES string of the molecule is CC(NC(=O)CSc1ncc(-c2ccccc2)n1CC1CCCO1)c1ccco1. The van der Waals surface area contributed by atoms with E-state index in [0.29, 0.717) is 5.75 Å². The van der Waals surface area contributed by atoms with Crippen molar-refractivity contribution in [3.8, 4) is 11.3 Å². The van der Waals surface area contributed by atoms with Crippen LogP contribution in [0.3, 0.4) is 0 Å². The minimum Gasteiger partial charge on any atom is -0.467 e. The molecule has 0 aliphatic carbocycles. The van der Waals surface area contributed by atoms with Gasteiger partial charge in [-0.3, -0.25) is 4.79 Å². The van der Waals surface area contributed by atoms with Gasteiger partial charge in [-0.15, -0.1) is 0 Å². The van der Waals surface area contributed by atoms with E-state index in [0.717, 1.165) is 48.2 Å². The van der Waals surface area contributed by atoms with Gasteiger partial charge in [-0.2, -0.15) is 0 Å². The number of benzene rings is 1. The number of nitrogens with one attached hydrogen (secondary N) is 1. The lowest BCUT2D eigenvalue weighted by Gasteiger charge is -2.16. The van der Waals surface area contributed by atoms with Crippen molar-refractivity contribution in [3.63, 3.8) is 0 Å². The number of carbonyl (C=O) groups excluding carboxylic acids is 1. The molecule has 6 nitrogen and oxygen atoms in total. The third-order valence-electron chi connectivity index (χ3n) is 4.98. The molecule has 3 heterocycles. The van der Waals surface area contributed by atoms with Gasteiger partial charge in [0.15, 0.2) is 5.16 Å². The summed E-state index contributed by atoms with van der Waals surface area (Å²) in [5.41, 5.74) is 2.16. The Labute approximate surface area is 174 Å². The van der Waals surface area contributed by atoms with Gasteiger partial charge in [0, 0.05) is 6.61 Å². The van der Waals surface area contributed by atoms with Gasteiger partial charge in [0.2, 0.25) is 5.91 Å². The van der Waals surface area contributed by atoms with Crippen LogP contribution in [0.25, 0.3) is 11.3 Å². The lowest BCUT2D eigenvalue weighted by atomic mass is 10.1. The summed E-state index contributed by atoms with van der Waals surface area (Å²) in [5, 5.41) is 3.80. The predicted octanol–water partition coefficient (Wildman–Crippen LogP) is 4.29. The molecule has 1 N–H and O–H groups in total. The number of imidazole rings is 1. The van der Waals surface area contributed by atoms with Crippen molar-refractivity contribution in [1.29, 1.82) is 0 Å². The van der Waals surface area contributed by atoms with Crippen LogP contribution in [-0.2, 0) is 16.1 Å². The Hall–Kier alpha value is -2.51. The zero-order valence-corrected chi connectivity index (χ0v) is 17.2. The van der Waals surface area contributed by atoms with Crippen LogP contribution in [0.1, 0.15) is 31.6 Å². The summed E-state index contributed by atoms with van der Waals surface area (Å²) in [6.07, 6.45) is 5.84. The standard InChI is InChI=1S/C22H25N3O3S/c1-16(20-10-6-12-28-20)24-21(26)15-29-22-23-13-19(17-7-3-2-4-8-17)25(22)14-18-9-5-11-27-18/h2-4,6-8,10,12-13,16,18H,5,9,11,14-15H2,1H3,(H,24,26). The van der Waals surface area contributed by atoms with E-state index in [1.807, 2.05) is 43.5 Å². The van der Waals surface area contributed by atoms with Crippen molar-refractivity contribution in [1.82, 2.24) is 14.9 Å². The lowest BCUT2D eigenvalue weighted by molar-refractivity contribution is -0.119. The third-order valence-corrected chi connectivity index (χ3v) is 5.97. The summed E-state index contributed by atoms with van der Waals surface area (Å²) < 4.78 is 13.4. The Morgan fingerprint density at radius 2 is 2.17 bits per heavy atom. The minimum absolute atomic E-state index is 0.0492. The molecule has 29 heavy (non-hydrogen) atoms. The van der Waals surface area contributed by atoms with Crippen LogP contribution in [0, 0.1) is 0 Å². The van der Waals surface area contributed by atoms with E-state index in [-0.39, 0.29) is 18.1 Å².